The van der Waals surface area contributed by atoms with Gasteiger partial charge in [0.2, 0.25) is 0 Å². The minimum Gasteiger partial charge on any atom is -0.406 e. The van der Waals surface area contributed by atoms with E-state index in [4.69, 9.17) is 0 Å². The third kappa shape index (κ3) is 4.69. The number of nitrogens with one attached hydrogen (secondary N) is 1. The van der Waals surface area contributed by atoms with Crippen molar-refractivity contribution in [1.82, 2.24) is 25.5 Å². The second kappa shape index (κ2) is 6.73. The van der Waals surface area contributed by atoms with Crippen molar-refractivity contribution in [2.75, 3.05) is 13.6 Å². The zero-order valence-corrected chi connectivity index (χ0v) is 12.1. The molecule has 1 heterocycles. The Bertz CT molecular complexity index is 588. The summed E-state index contributed by atoms with van der Waals surface area (Å²) in [4.78, 5) is 1.99. The molecule has 0 radical (unpaired) electrons. The van der Waals surface area contributed by atoms with Crippen molar-refractivity contribution in [2.24, 2.45) is 0 Å². The van der Waals surface area contributed by atoms with Crippen LogP contribution in [0.2, 0.25) is 0 Å². The Labute approximate surface area is 125 Å². The van der Waals surface area contributed by atoms with Crippen LogP contribution in [-0.4, -0.2) is 45.5 Å². The summed E-state index contributed by atoms with van der Waals surface area (Å²) >= 11 is 0. The third-order valence-electron chi connectivity index (χ3n) is 3.31. The maximum absolute atomic E-state index is 12.3. The highest BCUT2D eigenvalue weighted by molar-refractivity contribution is 5.30. The standard InChI is InChI=1S/C13H16F3N5O/c1-9(21(2)7-6-12-17-19-20-18-12)10-4-3-5-11(8-10)22-13(14,15)16/h3-5,8-9H,6-7H2,1-2H3,(H,17,18,19,20). The number of nitrogens with zero attached hydrogens (tertiary/aromatic N) is 4. The molecule has 2 rings (SSSR count). The number of rotatable bonds is 6. The first-order chi connectivity index (χ1) is 10.3. The van der Waals surface area contributed by atoms with Crippen LogP contribution in [0.1, 0.15) is 24.4 Å². The summed E-state index contributed by atoms with van der Waals surface area (Å²) in [6, 6.07) is 5.90. The quantitative estimate of drug-likeness (QED) is 0.886. The molecule has 0 amide bonds. The number of hydrogen-bond acceptors (Lipinski definition) is 5. The van der Waals surface area contributed by atoms with Crippen molar-refractivity contribution >= 4 is 0 Å². The van der Waals surface area contributed by atoms with E-state index in [-0.39, 0.29) is 11.8 Å². The Morgan fingerprint density at radius 2 is 2.14 bits per heavy atom. The van der Waals surface area contributed by atoms with Gasteiger partial charge in [0.25, 0.3) is 0 Å². The fourth-order valence-corrected chi connectivity index (χ4v) is 1.98. The minimum absolute atomic E-state index is 0.0799. The van der Waals surface area contributed by atoms with E-state index in [9.17, 15) is 13.2 Å². The van der Waals surface area contributed by atoms with Crippen molar-refractivity contribution in [2.45, 2.75) is 25.7 Å². The maximum atomic E-state index is 12.3. The largest absolute Gasteiger partial charge is 0.573 e. The monoisotopic (exact) mass is 315 g/mol. The molecule has 0 fully saturated rings. The summed E-state index contributed by atoms with van der Waals surface area (Å²) in [5.41, 5.74) is 0.734. The van der Waals surface area contributed by atoms with Crippen molar-refractivity contribution in [3.8, 4) is 5.75 Å². The van der Waals surface area contributed by atoms with Crippen LogP contribution >= 0.6 is 0 Å². The number of halogens is 3. The van der Waals surface area contributed by atoms with E-state index in [2.05, 4.69) is 25.4 Å². The zero-order chi connectivity index (χ0) is 16.2. The molecule has 1 atom stereocenters. The maximum Gasteiger partial charge on any atom is 0.573 e. The van der Waals surface area contributed by atoms with Gasteiger partial charge in [-0.3, -0.25) is 4.90 Å². The second-order valence-electron chi connectivity index (χ2n) is 4.85. The van der Waals surface area contributed by atoms with Gasteiger partial charge in [0.05, 0.1) is 0 Å². The molecule has 0 saturated carbocycles. The summed E-state index contributed by atoms with van der Waals surface area (Å²) in [7, 11) is 1.88. The molecule has 0 bridgehead atoms. The number of aromatic nitrogens is 4. The summed E-state index contributed by atoms with van der Waals surface area (Å²) in [6.07, 6.45) is -4.09. The van der Waals surface area contributed by atoms with Crippen molar-refractivity contribution in [1.29, 1.82) is 0 Å². The summed E-state index contributed by atoms with van der Waals surface area (Å²) in [6.45, 7) is 2.55. The molecule has 22 heavy (non-hydrogen) atoms. The van der Waals surface area contributed by atoms with Crippen LogP contribution in [0.5, 0.6) is 5.75 Å². The van der Waals surface area contributed by atoms with Crippen LogP contribution in [-0.2, 0) is 6.42 Å². The van der Waals surface area contributed by atoms with E-state index in [1.54, 1.807) is 12.1 Å². The predicted molar refractivity (Wildman–Crippen MR) is 72.1 cm³/mol. The highest BCUT2D eigenvalue weighted by atomic mass is 19.4. The molecule has 0 saturated heterocycles. The van der Waals surface area contributed by atoms with Gasteiger partial charge in [0.1, 0.15) is 5.75 Å². The highest BCUT2D eigenvalue weighted by Crippen LogP contribution is 2.27. The molecule has 0 aliphatic carbocycles. The molecule has 1 unspecified atom stereocenters. The summed E-state index contributed by atoms with van der Waals surface area (Å²) < 4.78 is 40.7. The predicted octanol–water partition coefficient (Wildman–Crippen LogP) is 2.33. The topological polar surface area (TPSA) is 66.9 Å². The van der Waals surface area contributed by atoms with Crippen LogP contribution in [0, 0.1) is 0 Å². The molecule has 2 aromatic rings. The molecule has 9 heteroatoms. The van der Waals surface area contributed by atoms with Crippen LogP contribution < -0.4 is 4.74 Å². The lowest BCUT2D eigenvalue weighted by Gasteiger charge is -2.25. The SMILES string of the molecule is CC(c1cccc(OC(F)(F)F)c1)N(C)CCc1nn[nH]n1. The second-order valence-corrected chi connectivity index (χ2v) is 4.85. The average molecular weight is 315 g/mol. The number of H-pyrrole nitrogens is 1. The molecule has 0 aliphatic rings. The van der Waals surface area contributed by atoms with Crippen LogP contribution in [0.25, 0.3) is 0 Å². The molecule has 6 nitrogen and oxygen atoms in total. The number of benzene rings is 1. The van der Waals surface area contributed by atoms with E-state index in [1.165, 1.54) is 12.1 Å². The third-order valence-corrected chi connectivity index (χ3v) is 3.31. The normalized spacial score (nSPS) is 13.4. The van der Waals surface area contributed by atoms with Crippen LogP contribution in [0.3, 0.4) is 0 Å². The van der Waals surface area contributed by atoms with Gasteiger partial charge < -0.3 is 4.74 Å². The molecule has 1 aromatic heterocycles. The van der Waals surface area contributed by atoms with Gasteiger partial charge in [0, 0.05) is 19.0 Å². The number of aromatic amines is 1. The molecule has 0 spiro atoms. The van der Waals surface area contributed by atoms with Crippen molar-refractivity contribution in [3.63, 3.8) is 0 Å². The van der Waals surface area contributed by atoms with E-state index in [0.29, 0.717) is 18.8 Å². The minimum atomic E-state index is -4.69. The smallest absolute Gasteiger partial charge is 0.406 e. The van der Waals surface area contributed by atoms with E-state index in [0.717, 1.165) is 5.56 Å². The Morgan fingerprint density at radius 3 is 2.77 bits per heavy atom. The summed E-state index contributed by atoms with van der Waals surface area (Å²) in [5, 5.41) is 13.6. The van der Waals surface area contributed by atoms with E-state index < -0.39 is 6.36 Å². The Morgan fingerprint density at radius 1 is 1.36 bits per heavy atom. The van der Waals surface area contributed by atoms with Gasteiger partial charge in [0.15, 0.2) is 5.82 Å². The Balaban J connectivity index is 1.98. The lowest BCUT2D eigenvalue weighted by Crippen LogP contribution is -2.25. The van der Waals surface area contributed by atoms with Gasteiger partial charge in [-0.2, -0.15) is 5.21 Å². The molecular weight excluding hydrogens is 299 g/mol. The Kier molecular flexibility index (Phi) is 4.96. The lowest BCUT2D eigenvalue weighted by molar-refractivity contribution is -0.274. The number of alkyl halides is 3. The van der Waals surface area contributed by atoms with Gasteiger partial charge in [-0.05, 0) is 31.7 Å². The Hall–Kier alpha value is -2.16. The van der Waals surface area contributed by atoms with E-state index >= 15 is 0 Å². The molecular formula is C13H16F3N5O. The lowest BCUT2D eigenvalue weighted by atomic mass is 10.1. The number of likely N-dealkylation sites (N-methyl/N-ethyl adjacent to an activating group) is 1. The first-order valence-corrected chi connectivity index (χ1v) is 6.63. The number of hydrogen-bond donors (Lipinski definition) is 1. The highest BCUT2D eigenvalue weighted by Gasteiger charge is 2.31. The van der Waals surface area contributed by atoms with Crippen molar-refractivity contribution in [3.05, 3.63) is 35.7 Å². The van der Waals surface area contributed by atoms with Gasteiger partial charge >= 0.3 is 6.36 Å². The molecule has 1 N–H and O–H groups in total. The van der Waals surface area contributed by atoms with Gasteiger partial charge in [-0.1, -0.05) is 17.3 Å². The van der Waals surface area contributed by atoms with Gasteiger partial charge in [-0.25, -0.2) is 0 Å². The fourth-order valence-electron chi connectivity index (χ4n) is 1.98. The first-order valence-electron chi connectivity index (χ1n) is 6.63. The van der Waals surface area contributed by atoms with Crippen LogP contribution in [0.15, 0.2) is 24.3 Å². The molecule has 0 aliphatic heterocycles. The zero-order valence-electron chi connectivity index (χ0n) is 12.1. The molecule has 1 aromatic carbocycles. The fraction of sp³-hybridized carbons (Fsp3) is 0.462. The summed E-state index contributed by atoms with van der Waals surface area (Å²) in [5.74, 6) is 0.372. The number of ether oxygens (including phenoxy) is 1. The molecule has 120 valence electrons. The van der Waals surface area contributed by atoms with E-state index in [1.807, 2.05) is 18.9 Å². The van der Waals surface area contributed by atoms with Crippen LogP contribution in [0.4, 0.5) is 13.2 Å². The van der Waals surface area contributed by atoms with Crippen molar-refractivity contribution < 1.29 is 17.9 Å². The first kappa shape index (κ1) is 16.2. The number of tetrazole rings is 1. The van der Waals surface area contributed by atoms with Gasteiger partial charge in [-0.15, -0.1) is 23.4 Å². The average Bonchev–Trinajstić information content (AvgIpc) is 2.95.